The lowest BCUT2D eigenvalue weighted by molar-refractivity contribution is -0.128. The Balaban J connectivity index is 2.44. The number of carbonyl (C=O) groups is 1. The van der Waals surface area contributed by atoms with Gasteiger partial charge in [-0.3, -0.25) is 12.8 Å². The minimum Gasteiger partial charge on any atom is -0.296 e. The molecule has 1 saturated heterocycles. The van der Waals surface area contributed by atoms with Crippen LogP contribution in [0.25, 0.3) is 0 Å². The van der Waals surface area contributed by atoms with Gasteiger partial charge in [0.25, 0.3) is 0 Å². The van der Waals surface area contributed by atoms with Gasteiger partial charge in [-0.05, 0) is 7.05 Å². The van der Waals surface area contributed by atoms with E-state index < -0.39 is 0 Å². The highest BCUT2D eigenvalue weighted by Crippen LogP contribution is 2.05. The van der Waals surface area contributed by atoms with Gasteiger partial charge < -0.3 is 0 Å². The molecule has 1 rings (SSSR count). The fraction of sp³-hybridized carbons (Fsp3) is 0.800. The molecule has 1 heterocycles. The molecule has 0 unspecified atom stereocenters. The van der Waals surface area contributed by atoms with Gasteiger partial charge in [-0.25, -0.2) is 0 Å². The molecule has 9 heavy (non-hydrogen) atoms. The number of halogens is 1. The van der Waals surface area contributed by atoms with E-state index in [0.29, 0.717) is 6.54 Å². The molecule has 1 aliphatic heterocycles. The molecular formula is C5H9IN2O. The van der Waals surface area contributed by atoms with Crippen molar-refractivity contribution in [3.63, 3.8) is 0 Å². The summed E-state index contributed by atoms with van der Waals surface area (Å²) in [7, 11) is 1.96. The van der Waals surface area contributed by atoms with Crippen molar-refractivity contribution < 1.29 is 4.79 Å². The van der Waals surface area contributed by atoms with E-state index in [0.717, 1.165) is 13.1 Å². The lowest BCUT2D eigenvalue weighted by atomic mass is 10.4. The lowest BCUT2D eigenvalue weighted by Crippen LogP contribution is -2.43. The summed E-state index contributed by atoms with van der Waals surface area (Å²) in [6, 6.07) is 0. The van der Waals surface area contributed by atoms with E-state index in [9.17, 15) is 4.79 Å². The summed E-state index contributed by atoms with van der Waals surface area (Å²) in [6.45, 7) is 2.42. The first kappa shape index (κ1) is 7.27. The number of piperazine rings is 1. The largest absolute Gasteiger partial charge is 0.296 e. The summed E-state index contributed by atoms with van der Waals surface area (Å²) < 4.78 is 1.73. The SMILES string of the molecule is CN1CCN(I)C(=O)C1. The molecule has 0 aliphatic carbocycles. The standard InChI is InChI=1S/C5H9IN2O/c1-7-2-3-8(6)5(9)4-7/h2-4H2,1H3. The molecule has 0 aromatic rings. The van der Waals surface area contributed by atoms with Crippen LogP contribution in [0.1, 0.15) is 0 Å². The summed E-state index contributed by atoms with van der Waals surface area (Å²) in [5.41, 5.74) is 0. The first-order valence-corrected chi connectivity index (χ1v) is 3.81. The van der Waals surface area contributed by atoms with Crippen molar-refractivity contribution in [2.75, 3.05) is 26.7 Å². The molecule has 1 aliphatic rings. The Morgan fingerprint density at radius 3 is 2.67 bits per heavy atom. The average Bonchev–Trinajstić information content (AvgIpc) is 1.80. The maximum Gasteiger partial charge on any atom is 0.245 e. The molecule has 0 radical (unpaired) electrons. The Morgan fingerprint density at radius 2 is 2.22 bits per heavy atom. The molecule has 0 aromatic carbocycles. The van der Waals surface area contributed by atoms with Crippen LogP contribution in [0, 0.1) is 0 Å². The topological polar surface area (TPSA) is 23.6 Å². The fourth-order valence-electron chi connectivity index (χ4n) is 0.770. The molecule has 52 valence electrons. The van der Waals surface area contributed by atoms with E-state index in [1.54, 1.807) is 3.11 Å². The highest BCUT2D eigenvalue weighted by Gasteiger charge is 2.18. The molecule has 4 heteroatoms. The third-order valence-electron chi connectivity index (χ3n) is 1.35. The van der Waals surface area contributed by atoms with Gasteiger partial charge in [-0.1, -0.05) is 0 Å². The van der Waals surface area contributed by atoms with Crippen molar-refractivity contribution >= 4 is 28.8 Å². The summed E-state index contributed by atoms with van der Waals surface area (Å²) in [4.78, 5) is 12.9. The minimum absolute atomic E-state index is 0.212. The van der Waals surface area contributed by atoms with E-state index in [4.69, 9.17) is 0 Å². The zero-order valence-electron chi connectivity index (χ0n) is 5.30. The Kier molecular flexibility index (Phi) is 2.29. The monoisotopic (exact) mass is 240 g/mol. The van der Waals surface area contributed by atoms with Crippen LogP contribution >= 0.6 is 22.9 Å². The van der Waals surface area contributed by atoms with E-state index >= 15 is 0 Å². The second-order valence-corrected chi connectivity index (χ2v) is 3.38. The van der Waals surface area contributed by atoms with Crippen molar-refractivity contribution in [3.05, 3.63) is 0 Å². The Hall–Kier alpha value is 0.160. The van der Waals surface area contributed by atoms with Crippen molar-refractivity contribution in [2.45, 2.75) is 0 Å². The highest BCUT2D eigenvalue weighted by atomic mass is 127. The third-order valence-corrected chi connectivity index (χ3v) is 2.37. The van der Waals surface area contributed by atoms with Crippen LogP contribution in [0.2, 0.25) is 0 Å². The molecule has 0 saturated carbocycles. The van der Waals surface area contributed by atoms with Gasteiger partial charge in [-0.2, -0.15) is 0 Å². The highest BCUT2D eigenvalue weighted by molar-refractivity contribution is 14.1. The van der Waals surface area contributed by atoms with Gasteiger partial charge in [0.05, 0.1) is 29.4 Å². The Labute approximate surface area is 68.5 Å². The predicted octanol–water partition coefficient (Wildman–Crippen LogP) is 0.110. The zero-order chi connectivity index (χ0) is 6.85. The third kappa shape index (κ3) is 1.79. The van der Waals surface area contributed by atoms with Gasteiger partial charge >= 0.3 is 0 Å². The first-order valence-electron chi connectivity index (χ1n) is 2.85. The van der Waals surface area contributed by atoms with Crippen molar-refractivity contribution in [2.24, 2.45) is 0 Å². The minimum atomic E-state index is 0.212. The summed E-state index contributed by atoms with van der Waals surface area (Å²) in [6.07, 6.45) is 0. The molecule has 0 bridgehead atoms. The van der Waals surface area contributed by atoms with Crippen LogP contribution in [0.5, 0.6) is 0 Å². The van der Waals surface area contributed by atoms with Gasteiger partial charge in [0.15, 0.2) is 0 Å². The molecule has 1 amide bonds. The van der Waals surface area contributed by atoms with Crippen LogP contribution in [0.15, 0.2) is 0 Å². The van der Waals surface area contributed by atoms with E-state index in [-0.39, 0.29) is 5.91 Å². The quantitative estimate of drug-likeness (QED) is 0.443. The summed E-state index contributed by atoms with van der Waals surface area (Å²) in [5, 5.41) is 0. The Bertz CT molecular complexity index is 128. The number of amides is 1. The van der Waals surface area contributed by atoms with Crippen molar-refractivity contribution in [1.29, 1.82) is 0 Å². The molecular weight excluding hydrogens is 231 g/mol. The van der Waals surface area contributed by atoms with Crippen LogP contribution in [0.3, 0.4) is 0 Å². The zero-order valence-corrected chi connectivity index (χ0v) is 7.46. The number of hydrogen-bond acceptors (Lipinski definition) is 2. The maximum atomic E-state index is 10.9. The van der Waals surface area contributed by atoms with Gasteiger partial charge in [0.1, 0.15) is 0 Å². The maximum absolute atomic E-state index is 10.9. The molecule has 0 atom stereocenters. The molecule has 0 aromatic heterocycles. The lowest BCUT2D eigenvalue weighted by Gasteiger charge is -2.26. The van der Waals surface area contributed by atoms with Gasteiger partial charge in [-0.15, -0.1) is 0 Å². The number of nitrogens with zero attached hydrogens (tertiary/aromatic N) is 2. The number of hydrogen-bond donors (Lipinski definition) is 0. The normalized spacial score (nSPS) is 22.9. The average molecular weight is 240 g/mol. The second-order valence-electron chi connectivity index (χ2n) is 2.22. The molecule has 1 fully saturated rings. The van der Waals surface area contributed by atoms with Crippen LogP contribution < -0.4 is 0 Å². The van der Waals surface area contributed by atoms with Crippen LogP contribution in [-0.4, -0.2) is 40.6 Å². The number of rotatable bonds is 0. The smallest absolute Gasteiger partial charge is 0.245 e. The van der Waals surface area contributed by atoms with Crippen LogP contribution in [0.4, 0.5) is 0 Å². The number of carbonyl (C=O) groups excluding carboxylic acids is 1. The van der Waals surface area contributed by atoms with E-state index in [1.807, 2.05) is 34.8 Å². The van der Waals surface area contributed by atoms with Gasteiger partial charge in [0.2, 0.25) is 5.91 Å². The number of likely N-dealkylation sites (N-methyl/N-ethyl adjacent to an activating group) is 1. The first-order chi connectivity index (χ1) is 4.20. The van der Waals surface area contributed by atoms with Gasteiger partial charge in [0, 0.05) is 13.1 Å². The van der Waals surface area contributed by atoms with Crippen LogP contribution in [-0.2, 0) is 4.79 Å². The predicted molar refractivity (Wildman–Crippen MR) is 43.2 cm³/mol. The molecule has 0 N–H and O–H groups in total. The summed E-state index contributed by atoms with van der Waals surface area (Å²) >= 11 is 2.05. The molecule has 0 spiro atoms. The molecule has 3 nitrogen and oxygen atoms in total. The summed E-state index contributed by atoms with van der Waals surface area (Å²) in [5.74, 6) is 0.212. The van der Waals surface area contributed by atoms with Crippen molar-refractivity contribution in [1.82, 2.24) is 8.01 Å². The second kappa shape index (κ2) is 2.83. The van der Waals surface area contributed by atoms with E-state index in [2.05, 4.69) is 0 Å². The fourth-order valence-corrected chi connectivity index (χ4v) is 1.14. The van der Waals surface area contributed by atoms with E-state index in [1.165, 1.54) is 0 Å². The van der Waals surface area contributed by atoms with Crippen molar-refractivity contribution in [3.8, 4) is 0 Å². The Morgan fingerprint density at radius 1 is 1.56 bits per heavy atom.